The van der Waals surface area contributed by atoms with Crippen molar-refractivity contribution >= 4 is 11.5 Å². The summed E-state index contributed by atoms with van der Waals surface area (Å²) in [6.07, 6.45) is 1.05. The van der Waals surface area contributed by atoms with Gasteiger partial charge in [-0.05, 0) is 51.1 Å². The fourth-order valence-electron chi connectivity index (χ4n) is 2.50. The van der Waals surface area contributed by atoms with Crippen LogP contribution in [-0.2, 0) is 0 Å². The smallest absolute Gasteiger partial charge is 0.159 e. The Morgan fingerprint density at radius 1 is 1.42 bits per heavy atom. The van der Waals surface area contributed by atoms with Crippen molar-refractivity contribution in [2.24, 2.45) is 0 Å². The van der Waals surface area contributed by atoms with E-state index < -0.39 is 0 Å². The van der Waals surface area contributed by atoms with Gasteiger partial charge >= 0.3 is 0 Å². The van der Waals surface area contributed by atoms with Crippen molar-refractivity contribution in [3.63, 3.8) is 0 Å². The molecule has 1 aromatic carbocycles. The van der Waals surface area contributed by atoms with E-state index in [9.17, 15) is 9.90 Å². The van der Waals surface area contributed by atoms with Crippen LogP contribution in [0, 0.1) is 0 Å². The number of anilines is 1. The second kappa shape index (κ2) is 6.17. The molecule has 4 heteroatoms. The minimum Gasteiger partial charge on any atom is -0.395 e. The third-order valence-electron chi connectivity index (χ3n) is 3.77. The maximum atomic E-state index is 11.3. The average molecular weight is 262 g/mol. The minimum atomic E-state index is 0.0883. The Labute approximate surface area is 114 Å². The number of aliphatic hydroxyl groups excluding tert-OH is 1. The summed E-state index contributed by atoms with van der Waals surface area (Å²) in [5.41, 5.74) is 1.85. The summed E-state index contributed by atoms with van der Waals surface area (Å²) in [4.78, 5) is 13.6. The number of benzene rings is 1. The second-order valence-electron chi connectivity index (χ2n) is 5.23. The van der Waals surface area contributed by atoms with Gasteiger partial charge < -0.3 is 15.3 Å². The number of carbonyl (C=O) groups excluding carboxylic acids is 1. The van der Waals surface area contributed by atoms with Crippen LogP contribution in [0.1, 0.15) is 30.6 Å². The number of carbonyl (C=O) groups is 1. The van der Waals surface area contributed by atoms with E-state index in [-0.39, 0.29) is 18.4 Å². The molecule has 0 radical (unpaired) electrons. The molecule has 19 heavy (non-hydrogen) atoms. The SMILES string of the molecule is CC(=O)c1ccc(N2CC(CO)NCCC2C)cc1. The van der Waals surface area contributed by atoms with Gasteiger partial charge in [-0.1, -0.05) is 0 Å². The van der Waals surface area contributed by atoms with Crippen molar-refractivity contribution in [3.8, 4) is 0 Å². The molecule has 0 aromatic heterocycles. The minimum absolute atomic E-state index is 0.0883. The first-order chi connectivity index (χ1) is 9.11. The molecule has 1 aliphatic heterocycles. The lowest BCUT2D eigenvalue weighted by Crippen LogP contribution is -2.42. The second-order valence-corrected chi connectivity index (χ2v) is 5.23. The first-order valence-corrected chi connectivity index (χ1v) is 6.83. The lowest BCUT2D eigenvalue weighted by molar-refractivity contribution is 0.101. The number of rotatable bonds is 3. The lowest BCUT2D eigenvalue weighted by Gasteiger charge is -2.31. The van der Waals surface area contributed by atoms with Gasteiger partial charge in [0, 0.05) is 29.9 Å². The molecule has 1 aromatic rings. The van der Waals surface area contributed by atoms with Gasteiger partial charge in [0.1, 0.15) is 0 Å². The van der Waals surface area contributed by atoms with Gasteiger partial charge in [-0.25, -0.2) is 0 Å². The summed E-state index contributed by atoms with van der Waals surface area (Å²) in [5, 5.41) is 12.7. The predicted octanol–water partition coefficient (Wildman–Crippen LogP) is 1.44. The van der Waals surface area contributed by atoms with E-state index in [1.54, 1.807) is 6.92 Å². The summed E-state index contributed by atoms with van der Waals surface area (Å²) in [5.74, 6) is 0.0883. The molecule has 1 fully saturated rings. The molecular formula is C15H22N2O2. The Balaban J connectivity index is 2.19. The van der Waals surface area contributed by atoms with Crippen molar-refractivity contribution < 1.29 is 9.90 Å². The van der Waals surface area contributed by atoms with Gasteiger partial charge in [0.2, 0.25) is 0 Å². The fraction of sp³-hybridized carbons (Fsp3) is 0.533. The zero-order chi connectivity index (χ0) is 13.8. The topological polar surface area (TPSA) is 52.6 Å². The number of aliphatic hydroxyl groups is 1. The third kappa shape index (κ3) is 3.33. The summed E-state index contributed by atoms with van der Waals surface area (Å²) in [6.45, 7) is 5.63. The Hall–Kier alpha value is -1.39. The molecule has 1 saturated heterocycles. The molecule has 0 aliphatic carbocycles. The lowest BCUT2D eigenvalue weighted by atomic mass is 10.1. The number of nitrogens with zero attached hydrogens (tertiary/aromatic N) is 1. The van der Waals surface area contributed by atoms with Crippen molar-refractivity contribution in [2.45, 2.75) is 32.4 Å². The van der Waals surface area contributed by atoms with E-state index in [1.807, 2.05) is 24.3 Å². The van der Waals surface area contributed by atoms with E-state index >= 15 is 0 Å². The van der Waals surface area contributed by atoms with E-state index in [0.29, 0.717) is 6.04 Å². The van der Waals surface area contributed by atoms with Crippen LogP contribution >= 0.6 is 0 Å². The van der Waals surface area contributed by atoms with Crippen LogP contribution in [0.5, 0.6) is 0 Å². The maximum absolute atomic E-state index is 11.3. The molecule has 2 rings (SSSR count). The summed E-state index contributed by atoms with van der Waals surface area (Å²) < 4.78 is 0. The molecule has 0 amide bonds. The van der Waals surface area contributed by atoms with Gasteiger partial charge in [-0.15, -0.1) is 0 Å². The zero-order valence-electron chi connectivity index (χ0n) is 11.6. The van der Waals surface area contributed by atoms with Gasteiger partial charge in [0.05, 0.1) is 6.61 Å². The summed E-state index contributed by atoms with van der Waals surface area (Å²) in [7, 11) is 0. The molecule has 2 unspecified atom stereocenters. The molecule has 2 N–H and O–H groups in total. The van der Waals surface area contributed by atoms with Gasteiger partial charge in [0.25, 0.3) is 0 Å². The summed E-state index contributed by atoms with van der Waals surface area (Å²) >= 11 is 0. The maximum Gasteiger partial charge on any atom is 0.159 e. The van der Waals surface area contributed by atoms with Crippen molar-refractivity contribution in [1.29, 1.82) is 0 Å². The fourth-order valence-corrected chi connectivity index (χ4v) is 2.50. The molecule has 2 atom stereocenters. The number of hydrogen-bond donors (Lipinski definition) is 2. The molecule has 4 nitrogen and oxygen atoms in total. The highest BCUT2D eigenvalue weighted by molar-refractivity contribution is 5.94. The van der Waals surface area contributed by atoms with Crippen LogP contribution in [0.15, 0.2) is 24.3 Å². The molecule has 104 valence electrons. The van der Waals surface area contributed by atoms with E-state index in [4.69, 9.17) is 0 Å². The predicted molar refractivity (Wildman–Crippen MR) is 76.7 cm³/mol. The van der Waals surface area contributed by atoms with E-state index in [1.165, 1.54) is 0 Å². The van der Waals surface area contributed by atoms with E-state index in [2.05, 4.69) is 17.1 Å². The van der Waals surface area contributed by atoms with Crippen LogP contribution in [-0.4, -0.2) is 42.7 Å². The molecule has 1 aliphatic rings. The standard InChI is InChI=1S/C15H22N2O2/c1-11-7-8-16-14(10-18)9-17(11)15-5-3-13(4-6-15)12(2)19/h3-6,11,14,16,18H,7-10H2,1-2H3. The molecule has 0 saturated carbocycles. The monoisotopic (exact) mass is 262 g/mol. The van der Waals surface area contributed by atoms with Crippen LogP contribution in [0.4, 0.5) is 5.69 Å². The van der Waals surface area contributed by atoms with Crippen molar-refractivity contribution in [2.75, 3.05) is 24.6 Å². The van der Waals surface area contributed by atoms with Gasteiger partial charge in [-0.2, -0.15) is 0 Å². The number of Topliss-reactive ketones (excluding diaryl/α,β-unsaturated/α-hetero) is 1. The highest BCUT2D eigenvalue weighted by Gasteiger charge is 2.22. The third-order valence-corrected chi connectivity index (χ3v) is 3.77. The number of ketones is 1. The highest BCUT2D eigenvalue weighted by Crippen LogP contribution is 2.21. The quantitative estimate of drug-likeness (QED) is 0.809. The van der Waals surface area contributed by atoms with Crippen LogP contribution < -0.4 is 10.2 Å². The molecule has 1 heterocycles. The van der Waals surface area contributed by atoms with E-state index in [0.717, 1.165) is 30.8 Å². The van der Waals surface area contributed by atoms with Gasteiger partial charge in [0.15, 0.2) is 5.78 Å². The average Bonchev–Trinajstić information content (AvgIpc) is 2.60. The Bertz CT molecular complexity index is 430. The van der Waals surface area contributed by atoms with Crippen LogP contribution in [0.25, 0.3) is 0 Å². The largest absolute Gasteiger partial charge is 0.395 e. The Kier molecular flexibility index (Phi) is 4.56. The Morgan fingerprint density at radius 3 is 2.68 bits per heavy atom. The molecule has 0 spiro atoms. The first-order valence-electron chi connectivity index (χ1n) is 6.83. The van der Waals surface area contributed by atoms with Crippen molar-refractivity contribution in [1.82, 2.24) is 5.32 Å². The van der Waals surface area contributed by atoms with Crippen LogP contribution in [0.2, 0.25) is 0 Å². The highest BCUT2D eigenvalue weighted by atomic mass is 16.3. The number of nitrogens with one attached hydrogen (secondary N) is 1. The van der Waals surface area contributed by atoms with Gasteiger partial charge in [-0.3, -0.25) is 4.79 Å². The first kappa shape index (κ1) is 14.0. The van der Waals surface area contributed by atoms with Crippen LogP contribution in [0.3, 0.4) is 0 Å². The Morgan fingerprint density at radius 2 is 2.11 bits per heavy atom. The molecule has 0 bridgehead atoms. The van der Waals surface area contributed by atoms with Crippen molar-refractivity contribution in [3.05, 3.63) is 29.8 Å². The zero-order valence-corrected chi connectivity index (χ0v) is 11.6. The summed E-state index contributed by atoms with van der Waals surface area (Å²) in [6, 6.07) is 8.26. The molecular weight excluding hydrogens is 240 g/mol. The normalized spacial score (nSPS) is 24.1. The number of hydrogen-bond acceptors (Lipinski definition) is 4.